The molecule has 0 saturated heterocycles. The fourth-order valence-electron chi connectivity index (χ4n) is 12.5. The molecule has 0 unspecified atom stereocenters. The number of hydrogen-bond donors (Lipinski definition) is 0. The molecule has 0 atom stereocenters. The molecule has 2 aromatic heterocycles. The van der Waals surface area contributed by atoms with Crippen molar-refractivity contribution in [2.45, 2.75) is 233 Å². The van der Waals surface area contributed by atoms with Crippen molar-refractivity contribution in [2.24, 2.45) is 0 Å². The first kappa shape index (κ1) is 54.9. The van der Waals surface area contributed by atoms with Gasteiger partial charge in [-0.05, 0) is 66.5 Å². The van der Waals surface area contributed by atoms with Gasteiger partial charge < -0.3 is 0 Å². The molecule has 0 aromatic carbocycles. The van der Waals surface area contributed by atoms with Crippen molar-refractivity contribution in [3.63, 3.8) is 0 Å². The van der Waals surface area contributed by atoms with Crippen LogP contribution in [0.3, 0.4) is 0 Å². The van der Waals surface area contributed by atoms with Gasteiger partial charge in [0, 0.05) is 0 Å². The van der Waals surface area contributed by atoms with E-state index in [9.17, 15) is 9.59 Å². The molecule has 0 N–H and O–H groups in total. The van der Waals surface area contributed by atoms with Gasteiger partial charge in [0.2, 0.25) is 11.6 Å². The molecule has 10 heteroatoms. The largest absolute Gasteiger partial charge is 0.285 e. The first-order valence-electron chi connectivity index (χ1n) is 24.5. The normalized spacial score (nSPS) is 13.6. The van der Waals surface area contributed by atoms with Crippen LogP contribution in [0.4, 0.5) is 0 Å². The fraction of sp³-hybridized carbons (Fsp3) is 0.667. The quantitative estimate of drug-likeness (QED) is 0.133. The first-order valence-corrected chi connectivity index (χ1v) is 33.4. The molecule has 0 aliphatic heterocycles. The summed E-state index contributed by atoms with van der Waals surface area (Å²) in [7, 11) is -8.96. The molecule has 0 amide bonds. The summed E-state index contributed by atoms with van der Waals surface area (Å²) in [6.45, 7) is 54.6. The van der Waals surface area contributed by atoms with Crippen LogP contribution in [0.5, 0.6) is 0 Å². The highest BCUT2D eigenvalue weighted by Gasteiger charge is 2.46. The van der Waals surface area contributed by atoms with Gasteiger partial charge >= 0.3 is 0 Å². The number of carbonyl (C=O) groups excluding carboxylic acids is 2. The number of nitrogens with zero attached hydrogens (tertiary/aromatic N) is 4. The molecule has 64 heavy (non-hydrogen) atoms. The van der Waals surface area contributed by atoms with E-state index in [1.165, 1.54) is 0 Å². The van der Waals surface area contributed by atoms with Crippen LogP contribution in [0.1, 0.15) is 221 Å². The Morgan fingerprint density at radius 3 is 0.500 bits per heavy atom. The molecule has 0 fully saturated rings. The van der Waals surface area contributed by atoms with Crippen LogP contribution in [0.15, 0.2) is 0 Å². The molecule has 0 bridgehead atoms. The van der Waals surface area contributed by atoms with Gasteiger partial charge in [0.1, 0.15) is 77.8 Å². The third-order valence-corrected chi connectivity index (χ3v) is 40.9. The predicted octanol–water partition coefficient (Wildman–Crippen LogP) is 14.3. The van der Waals surface area contributed by atoms with Crippen molar-refractivity contribution >= 4 is 43.9 Å². The maximum atomic E-state index is 14.9. The number of hydrogen-bond acceptors (Lipinski definition) is 6. The number of fused-ring (bicyclic) bond motifs is 2. The minimum absolute atomic E-state index is 0.0495. The van der Waals surface area contributed by atoms with Crippen LogP contribution in [-0.2, 0) is 0 Å². The van der Waals surface area contributed by atoms with Gasteiger partial charge in [-0.25, -0.2) is 19.9 Å². The SMILES string of the molecule is CC(C)[Si](C#Cc1nc2c(nc1C#C[Si](C(C)C)(C(C)C)C(C)C)C(=O)c1nc(C#C[Si](C(C)C)(C(C)C)C(C)C)c(C#C[Si](C(C)C)(C(C)C)C(C)C)nc1C2=O)(C(C)C)C(C)C. The van der Waals surface area contributed by atoms with E-state index in [2.05, 4.69) is 212 Å². The van der Waals surface area contributed by atoms with E-state index < -0.39 is 43.9 Å². The maximum Gasteiger partial charge on any atom is 0.234 e. The Labute approximate surface area is 395 Å². The van der Waals surface area contributed by atoms with Crippen LogP contribution in [-0.4, -0.2) is 63.8 Å². The smallest absolute Gasteiger partial charge is 0.234 e. The molecule has 348 valence electrons. The molecular weight excluding hydrogens is 849 g/mol. The molecule has 0 spiro atoms. The summed E-state index contributed by atoms with van der Waals surface area (Å²) in [6, 6.07) is 0. The Morgan fingerprint density at radius 1 is 0.266 bits per heavy atom. The minimum Gasteiger partial charge on any atom is -0.285 e. The van der Waals surface area contributed by atoms with Gasteiger partial charge in [0.25, 0.3) is 0 Å². The maximum absolute atomic E-state index is 14.9. The van der Waals surface area contributed by atoms with E-state index in [1.54, 1.807) is 0 Å². The summed E-state index contributed by atoms with van der Waals surface area (Å²) in [5.74, 6) is 13.0. The lowest BCUT2D eigenvalue weighted by Gasteiger charge is -2.38. The lowest BCUT2D eigenvalue weighted by molar-refractivity contribution is 0.0963. The third kappa shape index (κ3) is 9.84. The minimum atomic E-state index is -2.24. The molecule has 2 heterocycles. The second kappa shape index (κ2) is 21.1. The lowest BCUT2D eigenvalue weighted by atomic mass is 9.96. The summed E-state index contributed by atoms with van der Waals surface area (Å²) in [5, 5.41) is 0. The van der Waals surface area contributed by atoms with Gasteiger partial charge in [-0.3, -0.25) is 9.59 Å². The van der Waals surface area contributed by atoms with E-state index in [0.29, 0.717) is 89.3 Å². The Morgan fingerprint density at radius 2 is 0.391 bits per heavy atom. The Hall–Kier alpha value is -3.39. The predicted molar refractivity (Wildman–Crippen MR) is 283 cm³/mol. The summed E-state index contributed by atoms with van der Waals surface area (Å²) >= 11 is 0. The van der Waals surface area contributed by atoms with Gasteiger partial charge in [-0.1, -0.05) is 190 Å². The van der Waals surface area contributed by atoms with E-state index in [0.717, 1.165) is 0 Å². The third-order valence-electron chi connectivity index (χ3n) is 15.7. The monoisotopic (exact) mass is 933 g/mol. The second-order valence-electron chi connectivity index (χ2n) is 22.5. The van der Waals surface area contributed by atoms with E-state index >= 15 is 0 Å². The van der Waals surface area contributed by atoms with Crippen molar-refractivity contribution in [3.8, 4) is 45.9 Å². The zero-order valence-electron chi connectivity index (χ0n) is 44.5. The summed E-state index contributed by atoms with van der Waals surface area (Å²) in [6.07, 6.45) is 0. The van der Waals surface area contributed by atoms with Gasteiger partial charge in [0.15, 0.2) is 0 Å². The number of ketones is 2. The highest BCUT2D eigenvalue weighted by molar-refractivity contribution is 6.92. The van der Waals surface area contributed by atoms with Crippen LogP contribution in [0, 0.1) is 45.9 Å². The average Bonchev–Trinajstić information content (AvgIpc) is 3.16. The summed E-state index contributed by atoms with van der Waals surface area (Å²) < 4.78 is 0. The highest BCUT2D eigenvalue weighted by atomic mass is 28.3. The van der Waals surface area contributed by atoms with E-state index in [-0.39, 0.29) is 22.8 Å². The standard InChI is InChI=1S/C54H84N4O2Si4/c1-33(2)61(34(3)4,35(5)6)29-25-45-46(26-30-62(36(7)8,37(9)10)38(11)12)56-50-49(55-45)53(59)51-52(54(50)60)58-48(28-32-64(42(19)20,43(21)22)44(23)24)47(57-51)27-31-63(39(13)14,40(15)16)41(17)18/h33-44H,1-24H3. The Bertz CT molecular complexity index is 1910. The molecule has 3 rings (SSSR count). The van der Waals surface area contributed by atoms with Crippen molar-refractivity contribution in [3.05, 3.63) is 45.6 Å². The summed E-state index contributed by atoms with van der Waals surface area (Å²) in [4.78, 5) is 49.8. The van der Waals surface area contributed by atoms with Crippen LogP contribution in [0.2, 0.25) is 66.5 Å². The van der Waals surface area contributed by atoms with E-state index in [1.807, 2.05) is 0 Å². The van der Waals surface area contributed by atoms with Crippen LogP contribution < -0.4 is 0 Å². The first-order chi connectivity index (χ1) is 29.5. The van der Waals surface area contributed by atoms with Gasteiger partial charge in [0.05, 0.1) is 0 Å². The zero-order chi connectivity index (χ0) is 49.2. The van der Waals surface area contributed by atoms with Crippen molar-refractivity contribution in [2.75, 3.05) is 0 Å². The van der Waals surface area contributed by atoms with E-state index in [4.69, 9.17) is 19.9 Å². The van der Waals surface area contributed by atoms with Crippen LogP contribution >= 0.6 is 0 Å². The molecule has 2 aromatic rings. The Kier molecular flexibility index (Phi) is 18.1. The Balaban J connectivity index is 2.62. The number of aromatic nitrogens is 4. The summed E-state index contributed by atoms with van der Waals surface area (Å²) in [5.41, 5.74) is 21.0. The zero-order valence-corrected chi connectivity index (χ0v) is 48.5. The van der Waals surface area contributed by atoms with Crippen molar-refractivity contribution in [1.29, 1.82) is 0 Å². The molecule has 0 radical (unpaired) electrons. The topological polar surface area (TPSA) is 85.7 Å². The van der Waals surface area contributed by atoms with Crippen molar-refractivity contribution < 1.29 is 9.59 Å². The highest BCUT2D eigenvalue weighted by Crippen LogP contribution is 2.44. The number of carbonyl (C=O) groups is 2. The van der Waals surface area contributed by atoms with Crippen molar-refractivity contribution in [1.82, 2.24) is 19.9 Å². The molecule has 6 nitrogen and oxygen atoms in total. The molecule has 1 aliphatic carbocycles. The van der Waals surface area contributed by atoms with Gasteiger partial charge in [-0.15, -0.1) is 22.2 Å². The second-order valence-corrected chi connectivity index (χ2v) is 44.8. The van der Waals surface area contributed by atoms with Gasteiger partial charge in [-0.2, -0.15) is 0 Å². The molecule has 0 saturated carbocycles. The van der Waals surface area contributed by atoms with Crippen LogP contribution in [0.25, 0.3) is 0 Å². The molecule has 1 aliphatic rings. The molecular formula is C54H84N4O2Si4. The fourth-order valence-corrected chi connectivity index (χ4v) is 33.3. The lowest BCUT2D eigenvalue weighted by Crippen LogP contribution is -2.43. The number of rotatable bonds is 12. The average molecular weight is 934 g/mol.